The number of carbonyl (C=O) groups excluding carboxylic acids is 1. The molecule has 1 N–H and O–H groups in total. The summed E-state index contributed by atoms with van der Waals surface area (Å²) in [4.78, 5) is 11.0. The lowest BCUT2D eigenvalue weighted by Crippen LogP contribution is -2.25. The number of benzene rings is 1. The van der Waals surface area contributed by atoms with E-state index in [-0.39, 0.29) is 11.9 Å². The lowest BCUT2D eigenvalue weighted by molar-refractivity contribution is -0.119. The summed E-state index contributed by atoms with van der Waals surface area (Å²) in [6, 6.07) is 9.35. The Hall–Kier alpha value is -1.64. The van der Waals surface area contributed by atoms with Crippen molar-refractivity contribution < 1.29 is 9.18 Å². The summed E-state index contributed by atoms with van der Waals surface area (Å²) in [5.74, 6) is -0.115. The number of hydrogen-bond donors (Lipinski definition) is 1. The van der Waals surface area contributed by atoms with Gasteiger partial charge in [-0.05, 0) is 12.0 Å². The van der Waals surface area contributed by atoms with Crippen LogP contribution in [0.4, 0.5) is 4.39 Å². The first-order valence-electron chi connectivity index (χ1n) is 4.81. The molecule has 1 aromatic rings. The molecule has 1 amide bonds. The number of hydrogen-bond acceptors (Lipinski definition) is 1. The summed E-state index contributed by atoms with van der Waals surface area (Å²) in [7, 11) is 0. The van der Waals surface area contributed by atoms with Gasteiger partial charge >= 0.3 is 0 Å². The van der Waals surface area contributed by atoms with Crippen LogP contribution in [0.15, 0.2) is 42.7 Å². The van der Waals surface area contributed by atoms with Crippen LogP contribution in [0.25, 0.3) is 0 Å². The van der Waals surface area contributed by atoms with Gasteiger partial charge in [0.1, 0.15) is 0 Å². The van der Waals surface area contributed by atoms with E-state index in [0.29, 0.717) is 12.8 Å². The molecule has 0 aliphatic carbocycles. The first-order chi connectivity index (χ1) is 7.24. The maximum absolute atomic E-state index is 11.9. The average molecular weight is 207 g/mol. The third-order valence-electron chi connectivity index (χ3n) is 2.04. The van der Waals surface area contributed by atoms with Crippen molar-refractivity contribution in [3.8, 4) is 0 Å². The molecule has 0 bridgehead atoms. The van der Waals surface area contributed by atoms with Gasteiger partial charge in [0.15, 0.2) is 0 Å². The number of amides is 1. The van der Waals surface area contributed by atoms with Gasteiger partial charge in [-0.15, -0.1) is 0 Å². The summed E-state index contributed by atoms with van der Waals surface area (Å²) in [6.45, 7) is 1.45. The van der Waals surface area contributed by atoms with Crippen molar-refractivity contribution in [1.82, 2.24) is 5.32 Å². The number of halogens is 1. The molecule has 0 aliphatic rings. The molecule has 1 unspecified atom stereocenters. The van der Waals surface area contributed by atoms with E-state index < -0.39 is 0 Å². The van der Waals surface area contributed by atoms with Gasteiger partial charge in [0, 0.05) is 6.92 Å². The minimum Gasteiger partial charge on any atom is -0.349 e. The topological polar surface area (TPSA) is 29.1 Å². The van der Waals surface area contributed by atoms with E-state index in [1.165, 1.54) is 13.0 Å². The van der Waals surface area contributed by atoms with E-state index in [9.17, 15) is 9.18 Å². The lowest BCUT2D eigenvalue weighted by atomic mass is 10.0. The molecule has 0 aliphatic heterocycles. The van der Waals surface area contributed by atoms with Crippen LogP contribution in [0.1, 0.15) is 24.9 Å². The van der Waals surface area contributed by atoms with Gasteiger partial charge in [0.2, 0.25) is 5.91 Å². The molecule has 1 rings (SSSR count). The lowest BCUT2D eigenvalue weighted by Gasteiger charge is -2.16. The van der Waals surface area contributed by atoms with Crippen LogP contribution in [-0.2, 0) is 4.79 Å². The quantitative estimate of drug-likeness (QED) is 0.808. The Bertz CT molecular complexity index is 335. The van der Waals surface area contributed by atoms with E-state index in [1.807, 2.05) is 30.3 Å². The SMILES string of the molecule is CC(=O)NC(C/C=C\F)c1ccccc1. The molecule has 0 heterocycles. The zero-order valence-corrected chi connectivity index (χ0v) is 8.61. The van der Waals surface area contributed by atoms with E-state index >= 15 is 0 Å². The molecular weight excluding hydrogens is 193 g/mol. The highest BCUT2D eigenvalue weighted by Gasteiger charge is 2.09. The maximum atomic E-state index is 11.9. The summed E-state index contributed by atoms with van der Waals surface area (Å²) in [5, 5.41) is 2.77. The molecule has 0 spiro atoms. The highest BCUT2D eigenvalue weighted by atomic mass is 19.1. The summed E-state index contributed by atoms with van der Waals surface area (Å²) in [6.07, 6.45) is 2.35. The Morgan fingerprint density at radius 2 is 2.13 bits per heavy atom. The standard InChI is InChI=1S/C12H14FNO/c1-10(15)14-12(8-5-9-13)11-6-3-2-4-7-11/h2-7,9,12H,8H2,1H3,(H,14,15)/b9-5-. The van der Waals surface area contributed by atoms with Crippen molar-refractivity contribution in [3.63, 3.8) is 0 Å². The van der Waals surface area contributed by atoms with Crippen molar-refractivity contribution in [2.75, 3.05) is 0 Å². The summed E-state index contributed by atoms with van der Waals surface area (Å²) in [5.41, 5.74) is 0.978. The van der Waals surface area contributed by atoms with E-state index in [2.05, 4.69) is 5.32 Å². The Morgan fingerprint density at radius 3 is 2.67 bits per heavy atom. The number of carbonyl (C=O) groups is 1. The molecule has 0 fully saturated rings. The van der Waals surface area contributed by atoms with Crippen LogP contribution in [0.3, 0.4) is 0 Å². The van der Waals surface area contributed by atoms with Gasteiger partial charge in [-0.25, -0.2) is 4.39 Å². The van der Waals surface area contributed by atoms with Gasteiger partial charge in [-0.1, -0.05) is 36.4 Å². The first kappa shape index (κ1) is 11.4. The summed E-state index contributed by atoms with van der Waals surface area (Å²) < 4.78 is 11.9. The molecule has 0 aromatic heterocycles. The van der Waals surface area contributed by atoms with Crippen molar-refractivity contribution in [3.05, 3.63) is 48.3 Å². The van der Waals surface area contributed by atoms with Crippen molar-refractivity contribution in [2.45, 2.75) is 19.4 Å². The highest BCUT2D eigenvalue weighted by molar-refractivity contribution is 5.73. The van der Waals surface area contributed by atoms with E-state index in [1.54, 1.807) is 0 Å². The molecule has 15 heavy (non-hydrogen) atoms. The minimum atomic E-state index is -0.157. The predicted molar refractivity (Wildman–Crippen MR) is 57.9 cm³/mol. The molecule has 0 saturated heterocycles. The fourth-order valence-corrected chi connectivity index (χ4v) is 1.40. The Labute approximate surface area is 88.8 Å². The zero-order chi connectivity index (χ0) is 11.1. The van der Waals surface area contributed by atoms with Gasteiger partial charge in [0.25, 0.3) is 0 Å². The largest absolute Gasteiger partial charge is 0.349 e. The van der Waals surface area contributed by atoms with Crippen LogP contribution in [-0.4, -0.2) is 5.91 Å². The number of rotatable bonds is 4. The second-order valence-corrected chi connectivity index (χ2v) is 3.26. The smallest absolute Gasteiger partial charge is 0.217 e. The van der Waals surface area contributed by atoms with Crippen LogP contribution in [0.2, 0.25) is 0 Å². The monoisotopic (exact) mass is 207 g/mol. The second-order valence-electron chi connectivity index (χ2n) is 3.26. The molecule has 0 radical (unpaired) electrons. The third-order valence-corrected chi connectivity index (χ3v) is 2.04. The second kappa shape index (κ2) is 5.96. The molecule has 1 aromatic carbocycles. The molecule has 80 valence electrons. The van der Waals surface area contributed by atoms with Gasteiger partial charge in [0.05, 0.1) is 12.4 Å². The Kier molecular flexibility index (Phi) is 4.54. The fraction of sp³-hybridized carbons (Fsp3) is 0.250. The van der Waals surface area contributed by atoms with Gasteiger partial charge in [-0.3, -0.25) is 4.79 Å². The molecule has 2 nitrogen and oxygen atoms in total. The highest BCUT2D eigenvalue weighted by Crippen LogP contribution is 2.16. The molecular formula is C12H14FNO. The van der Waals surface area contributed by atoms with Crippen molar-refractivity contribution >= 4 is 5.91 Å². The van der Waals surface area contributed by atoms with Gasteiger partial charge in [-0.2, -0.15) is 0 Å². The van der Waals surface area contributed by atoms with Crippen LogP contribution < -0.4 is 5.32 Å². The van der Waals surface area contributed by atoms with E-state index in [0.717, 1.165) is 5.56 Å². The third kappa shape index (κ3) is 3.94. The summed E-state index contributed by atoms with van der Waals surface area (Å²) >= 11 is 0. The number of nitrogens with one attached hydrogen (secondary N) is 1. The Balaban J connectivity index is 2.76. The molecule has 0 saturated carbocycles. The molecule has 3 heteroatoms. The van der Waals surface area contributed by atoms with Crippen molar-refractivity contribution in [2.24, 2.45) is 0 Å². The average Bonchev–Trinajstić information content (AvgIpc) is 2.25. The maximum Gasteiger partial charge on any atom is 0.217 e. The molecule has 1 atom stereocenters. The predicted octanol–water partition coefficient (Wildman–Crippen LogP) is 2.74. The van der Waals surface area contributed by atoms with Crippen LogP contribution in [0.5, 0.6) is 0 Å². The van der Waals surface area contributed by atoms with Crippen LogP contribution >= 0.6 is 0 Å². The van der Waals surface area contributed by atoms with Crippen LogP contribution in [0, 0.1) is 0 Å². The fourth-order valence-electron chi connectivity index (χ4n) is 1.40. The zero-order valence-electron chi connectivity index (χ0n) is 8.61. The first-order valence-corrected chi connectivity index (χ1v) is 4.81. The van der Waals surface area contributed by atoms with Gasteiger partial charge < -0.3 is 5.32 Å². The minimum absolute atomic E-state index is 0.115. The van der Waals surface area contributed by atoms with Crippen molar-refractivity contribution in [1.29, 1.82) is 0 Å². The Morgan fingerprint density at radius 1 is 1.47 bits per heavy atom. The van der Waals surface area contributed by atoms with E-state index in [4.69, 9.17) is 0 Å². The normalized spacial score (nSPS) is 12.7.